The number of esters is 1. The summed E-state index contributed by atoms with van der Waals surface area (Å²) in [6.45, 7) is 12.2. The molecule has 2 aromatic carbocycles. The highest BCUT2D eigenvalue weighted by molar-refractivity contribution is 6.22. The van der Waals surface area contributed by atoms with E-state index in [1.54, 1.807) is 51.8 Å². The first kappa shape index (κ1) is 44.0. The lowest BCUT2D eigenvalue weighted by atomic mass is 9.78. The van der Waals surface area contributed by atoms with E-state index in [4.69, 9.17) is 18.9 Å². The maximum Gasteiger partial charge on any atom is 0.312 e. The monoisotopic (exact) mass is 784 g/mol. The first-order valence-corrected chi connectivity index (χ1v) is 18.6. The number of amides is 1. The highest BCUT2D eigenvalue weighted by atomic mass is 16.7. The second-order valence-electron chi connectivity index (χ2n) is 15.1. The van der Waals surface area contributed by atoms with Gasteiger partial charge in [0.1, 0.15) is 23.4 Å². The molecule has 0 saturated carbocycles. The molecule has 56 heavy (non-hydrogen) atoms. The van der Waals surface area contributed by atoms with Gasteiger partial charge in [-0.15, -0.1) is 0 Å². The van der Waals surface area contributed by atoms with Gasteiger partial charge in [0.25, 0.3) is 11.7 Å². The Hall–Kier alpha value is -4.67. The molecule has 0 radical (unpaired) electrons. The number of phenols is 3. The van der Waals surface area contributed by atoms with Gasteiger partial charge in [-0.1, -0.05) is 45.9 Å². The molecule has 9 unspecified atom stereocenters. The minimum Gasteiger partial charge on any atom is -0.507 e. The molecule has 308 valence electrons. The van der Waals surface area contributed by atoms with Crippen molar-refractivity contribution in [3.8, 4) is 23.0 Å². The Balaban J connectivity index is 1.97. The average molecular weight is 785 g/mol. The van der Waals surface area contributed by atoms with Crippen molar-refractivity contribution in [2.24, 2.45) is 23.7 Å². The SMILES string of the molecule is COC1C=COC2(C)Oc3c(C)c(O)c4c(O)c(c(CN(C)CCO)c(O)c4c3C2=O)NC(=O)C(C)=CC=CC(C)C(O)C(C)C(O)C(C)C(OC(C)=O)C1C. The summed E-state index contributed by atoms with van der Waals surface area (Å²) in [5.41, 5.74) is -0.211. The van der Waals surface area contributed by atoms with Crippen molar-refractivity contribution in [3.63, 3.8) is 0 Å². The lowest BCUT2D eigenvalue weighted by molar-refractivity contribution is -0.160. The number of fused-ring (bicyclic) bond motifs is 14. The molecule has 0 spiro atoms. The molecule has 7 N–H and O–H groups in total. The number of carbonyl (C=O) groups excluding carboxylic acids is 3. The van der Waals surface area contributed by atoms with Crippen molar-refractivity contribution in [1.82, 2.24) is 4.90 Å². The molecule has 15 nitrogen and oxygen atoms in total. The molecule has 0 saturated heterocycles. The molecule has 9 atom stereocenters. The number of hydrogen-bond donors (Lipinski definition) is 7. The number of ketones is 1. The minimum absolute atomic E-state index is 0.0115. The zero-order valence-corrected chi connectivity index (χ0v) is 33.6. The van der Waals surface area contributed by atoms with E-state index < -0.39 is 88.8 Å². The zero-order chi connectivity index (χ0) is 42.0. The number of rotatable bonds is 6. The maximum absolute atomic E-state index is 14.3. The number of Topliss-reactive ketones (excluding diaryl/α,β-unsaturated/α-hetero) is 1. The zero-order valence-electron chi connectivity index (χ0n) is 33.6. The Bertz CT molecular complexity index is 1920. The van der Waals surface area contributed by atoms with Gasteiger partial charge in [-0.25, -0.2) is 0 Å². The number of phenolic OH excluding ortho intramolecular Hbond substituents is 3. The van der Waals surface area contributed by atoms with Crippen LogP contribution in [-0.2, 0) is 30.3 Å². The van der Waals surface area contributed by atoms with Crippen LogP contribution in [0.4, 0.5) is 5.69 Å². The van der Waals surface area contributed by atoms with Crippen LogP contribution in [0, 0.1) is 30.6 Å². The molecule has 15 heteroatoms. The number of hydrogen-bond acceptors (Lipinski definition) is 14. The van der Waals surface area contributed by atoms with E-state index in [0.717, 1.165) is 0 Å². The molecule has 0 aliphatic carbocycles. The minimum atomic E-state index is -2.04. The molecule has 5 rings (SSSR count). The summed E-state index contributed by atoms with van der Waals surface area (Å²) < 4.78 is 23.5. The molecule has 0 aromatic heterocycles. The molecule has 0 fully saturated rings. The van der Waals surface area contributed by atoms with Crippen LogP contribution in [0.1, 0.15) is 70.0 Å². The number of methoxy groups -OCH3 is 1. The molecular formula is C41H56N2O13. The van der Waals surface area contributed by atoms with Gasteiger partial charge in [-0.05, 0) is 27.0 Å². The molecule has 1 amide bonds. The van der Waals surface area contributed by atoms with E-state index >= 15 is 0 Å². The summed E-state index contributed by atoms with van der Waals surface area (Å²) in [6.07, 6.45) is 3.50. The predicted octanol–water partition coefficient (Wildman–Crippen LogP) is 4.18. The van der Waals surface area contributed by atoms with Crippen molar-refractivity contribution >= 4 is 34.1 Å². The number of anilines is 1. The lowest BCUT2D eigenvalue weighted by Crippen LogP contribution is -2.46. The smallest absolute Gasteiger partial charge is 0.312 e. The number of carbonyl (C=O) groups is 3. The number of nitrogens with one attached hydrogen (secondary N) is 1. The van der Waals surface area contributed by atoms with Crippen LogP contribution in [0.25, 0.3) is 10.8 Å². The average Bonchev–Trinajstić information content (AvgIpc) is 3.41. The molecule has 2 aromatic rings. The molecule has 3 aliphatic heterocycles. The summed E-state index contributed by atoms with van der Waals surface area (Å²) in [4.78, 5) is 41.8. The van der Waals surface area contributed by atoms with Gasteiger partial charge in [0.2, 0.25) is 0 Å². The van der Waals surface area contributed by atoms with Crippen molar-refractivity contribution in [1.29, 1.82) is 0 Å². The highest BCUT2D eigenvalue weighted by Crippen LogP contribution is 2.55. The van der Waals surface area contributed by atoms with Crippen LogP contribution >= 0.6 is 0 Å². The fraction of sp³-hybridized carbons (Fsp3) is 0.537. The van der Waals surface area contributed by atoms with Crippen LogP contribution < -0.4 is 10.1 Å². The number of likely N-dealkylation sites (N-methyl/N-ethyl adjacent to an activating group) is 1. The Labute approximate surface area is 326 Å². The van der Waals surface area contributed by atoms with Gasteiger partial charge in [0, 0.05) is 79.8 Å². The van der Waals surface area contributed by atoms with Crippen molar-refractivity contribution in [2.75, 3.05) is 32.6 Å². The van der Waals surface area contributed by atoms with Crippen LogP contribution in [0.15, 0.2) is 36.1 Å². The summed E-state index contributed by atoms with van der Waals surface area (Å²) in [6, 6.07) is 0. The fourth-order valence-electron chi connectivity index (χ4n) is 7.46. The number of nitrogens with zero attached hydrogens (tertiary/aromatic N) is 1. The Morgan fingerprint density at radius 3 is 2.23 bits per heavy atom. The van der Waals surface area contributed by atoms with Crippen molar-refractivity contribution in [2.45, 2.75) is 92.1 Å². The Kier molecular flexibility index (Phi) is 13.9. The van der Waals surface area contributed by atoms with Gasteiger partial charge >= 0.3 is 11.8 Å². The summed E-state index contributed by atoms with van der Waals surface area (Å²) in [5, 5.41) is 69.7. The van der Waals surface area contributed by atoms with Crippen LogP contribution in [0.3, 0.4) is 0 Å². The van der Waals surface area contributed by atoms with Crippen LogP contribution in [0.5, 0.6) is 23.0 Å². The number of benzene rings is 2. The number of ether oxygens (including phenoxy) is 4. The Morgan fingerprint density at radius 1 is 0.964 bits per heavy atom. The summed E-state index contributed by atoms with van der Waals surface area (Å²) in [7, 11) is 3.07. The normalized spacial score (nSPS) is 29.0. The van der Waals surface area contributed by atoms with E-state index in [-0.39, 0.29) is 64.2 Å². The predicted molar refractivity (Wildman–Crippen MR) is 207 cm³/mol. The van der Waals surface area contributed by atoms with E-state index in [9.17, 15) is 45.0 Å². The van der Waals surface area contributed by atoms with Gasteiger partial charge in [0.15, 0.2) is 5.75 Å². The van der Waals surface area contributed by atoms with Gasteiger partial charge in [-0.2, -0.15) is 0 Å². The first-order chi connectivity index (χ1) is 26.2. The van der Waals surface area contributed by atoms with Gasteiger partial charge < -0.3 is 54.9 Å². The highest BCUT2D eigenvalue weighted by Gasteiger charge is 2.50. The fourth-order valence-corrected chi connectivity index (χ4v) is 7.46. The number of allylic oxidation sites excluding steroid dienone is 2. The number of aromatic hydroxyl groups is 3. The molecule has 5 bridgehead atoms. The standard InChI is InChI=1S/C41H56N2O13/c1-19-12-11-13-20(2)40(52)42-31-26(18-43(9)15-16-44)35(49)28-29(36(31)50)34(48)24(6)38-30(28)39(51)41(8,56-38)54-17-14-27(53-10)21(3)37(55-25(7)45)23(5)33(47)22(4)32(19)46/h11-14,17,19,21-23,27,32-33,37,44,46-50H,15-16,18H2,1-10H3,(H,42,52). The van der Waals surface area contributed by atoms with E-state index in [2.05, 4.69) is 5.32 Å². The second kappa shape index (κ2) is 17.6. The van der Waals surface area contributed by atoms with Crippen molar-refractivity contribution in [3.05, 3.63) is 52.8 Å². The largest absolute Gasteiger partial charge is 0.507 e. The third-order valence-corrected chi connectivity index (χ3v) is 11.0. The van der Waals surface area contributed by atoms with Crippen LogP contribution in [-0.4, -0.2) is 111 Å². The third kappa shape index (κ3) is 8.51. The summed E-state index contributed by atoms with van der Waals surface area (Å²) in [5.74, 6) is -8.34. The van der Waals surface area contributed by atoms with Gasteiger partial charge in [0.05, 0.1) is 47.8 Å². The van der Waals surface area contributed by atoms with E-state index in [1.165, 1.54) is 53.2 Å². The summed E-state index contributed by atoms with van der Waals surface area (Å²) >= 11 is 0. The Morgan fingerprint density at radius 2 is 1.62 bits per heavy atom. The van der Waals surface area contributed by atoms with E-state index in [1.807, 2.05) is 0 Å². The lowest BCUT2D eigenvalue weighted by Gasteiger charge is -2.38. The van der Waals surface area contributed by atoms with Crippen LogP contribution in [0.2, 0.25) is 0 Å². The maximum atomic E-state index is 14.3. The topological polar surface area (TPSA) is 225 Å². The first-order valence-electron chi connectivity index (χ1n) is 18.6. The van der Waals surface area contributed by atoms with Crippen molar-refractivity contribution < 1.29 is 64.0 Å². The second-order valence-corrected chi connectivity index (χ2v) is 15.1. The molecular weight excluding hydrogens is 728 g/mol. The number of aliphatic hydroxyl groups excluding tert-OH is 3. The molecule has 3 aliphatic rings. The third-order valence-electron chi connectivity index (χ3n) is 11.0. The molecule has 3 heterocycles. The quantitative estimate of drug-likeness (QED) is 0.124. The number of aliphatic hydroxyl groups is 3. The van der Waals surface area contributed by atoms with Gasteiger partial charge in [-0.3, -0.25) is 19.3 Å². The van der Waals surface area contributed by atoms with E-state index in [0.29, 0.717) is 0 Å².